The predicted octanol–water partition coefficient (Wildman–Crippen LogP) is 3.23. The fourth-order valence-corrected chi connectivity index (χ4v) is 3.59. The van der Waals surface area contributed by atoms with E-state index in [-0.39, 0.29) is 17.8 Å². The number of hydrogen-bond donors (Lipinski definition) is 0. The van der Waals surface area contributed by atoms with Gasteiger partial charge in [0.25, 0.3) is 5.91 Å². The Balaban J connectivity index is 1.53. The Morgan fingerprint density at radius 1 is 1.15 bits per heavy atom. The summed E-state index contributed by atoms with van der Waals surface area (Å²) >= 11 is 0. The van der Waals surface area contributed by atoms with Gasteiger partial charge >= 0.3 is 0 Å². The van der Waals surface area contributed by atoms with Gasteiger partial charge in [-0.05, 0) is 65.1 Å². The first-order chi connectivity index (χ1) is 13.2. The van der Waals surface area contributed by atoms with Crippen LogP contribution in [0.2, 0.25) is 0 Å². The largest absolute Gasteiger partial charge is 0.332 e. The van der Waals surface area contributed by atoms with Crippen LogP contribution in [0.15, 0.2) is 54.9 Å². The number of carbonyl (C=O) groups is 1. The monoisotopic (exact) mass is 365 g/mol. The summed E-state index contributed by atoms with van der Waals surface area (Å²) in [7, 11) is 0. The molecule has 1 aliphatic heterocycles. The average Bonchev–Trinajstić information content (AvgIpc) is 3.21. The Morgan fingerprint density at radius 3 is 2.74 bits per heavy atom. The van der Waals surface area contributed by atoms with Crippen LogP contribution in [0, 0.1) is 5.82 Å². The van der Waals surface area contributed by atoms with Gasteiger partial charge in [0, 0.05) is 12.1 Å². The Bertz CT molecular complexity index is 910. The van der Waals surface area contributed by atoms with E-state index in [2.05, 4.69) is 15.5 Å². The van der Waals surface area contributed by atoms with Crippen LogP contribution in [0.4, 0.5) is 4.39 Å². The van der Waals surface area contributed by atoms with Crippen molar-refractivity contribution in [3.63, 3.8) is 0 Å². The molecule has 0 N–H and O–H groups in total. The molecule has 1 amide bonds. The maximum absolute atomic E-state index is 13.7. The first-order valence-corrected chi connectivity index (χ1v) is 9.07. The van der Waals surface area contributed by atoms with Crippen LogP contribution in [0.5, 0.6) is 0 Å². The van der Waals surface area contributed by atoms with Crippen LogP contribution in [0.1, 0.15) is 46.8 Å². The molecule has 138 valence electrons. The molecule has 1 fully saturated rings. The van der Waals surface area contributed by atoms with E-state index in [9.17, 15) is 9.18 Å². The summed E-state index contributed by atoms with van der Waals surface area (Å²) in [6.45, 7) is 1.24. The van der Waals surface area contributed by atoms with Crippen molar-refractivity contribution in [1.82, 2.24) is 25.1 Å². The highest BCUT2D eigenvalue weighted by atomic mass is 19.1. The molecule has 2 aromatic carbocycles. The predicted molar refractivity (Wildman–Crippen MR) is 97.4 cm³/mol. The van der Waals surface area contributed by atoms with Gasteiger partial charge in [-0.15, -0.1) is 5.10 Å². The maximum atomic E-state index is 13.7. The molecule has 3 aromatic rings. The van der Waals surface area contributed by atoms with Crippen LogP contribution in [-0.4, -0.2) is 37.6 Å². The van der Waals surface area contributed by atoms with Crippen molar-refractivity contribution in [3.8, 4) is 0 Å². The van der Waals surface area contributed by atoms with Gasteiger partial charge in [-0.2, -0.15) is 0 Å². The zero-order valence-corrected chi connectivity index (χ0v) is 14.8. The molecule has 7 heteroatoms. The second-order valence-corrected chi connectivity index (χ2v) is 6.77. The van der Waals surface area contributed by atoms with E-state index >= 15 is 0 Å². The Kier molecular flexibility index (Phi) is 4.91. The minimum absolute atomic E-state index is 0.0158. The number of rotatable bonds is 4. The SMILES string of the molecule is O=C(c1ccc(Cn2cnnn2)cc1)N1CCCC[C@H]1c1cccc(F)c1. The van der Waals surface area contributed by atoms with Crippen LogP contribution >= 0.6 is 0 Å². The highest BCUT2D eigenvalue weighted by Crippen LogP contribution is 2.32. The van der Waals surface area contributed by atoms with E-state index in [4.69, 9.17) is 0 Å². The number of likely N-dealkylation sites (tertiary alicyclic amines) is 1. The molecule has 1 aliphatic rings. The maximum Gasteiger partial charge on any atom is 0.254 e. The lowest BCUT2D eigenvalue weighted by molar-refractivity contribution is 0.0611. The molecular weight excluding hydrogens is 345 g/mol. The highest BCUT2D eigenvalue weighted by Gasteiger charge is 2.28. The Morgan fingerprint density at radius 2 is 2.00 bits per heavy atom. The number of halogens is 1. The second-order valence-electron chi connectivity index (χ2n) is 6.77. The topological polar surface area (TPSA) is 63.9 Å². The van der Waals surface area contributed by atoms with Gasteiger partial charge in [0.2, 0.25) is 0 Å². The van der Waals surface area contributed by atoms with Gasteiger partial charge in [-0.1, -0.05) is 24.3 Å². The zero-order valence-electron chi connectivity index (χ0n) is 14.8. The first kappa shape index (κ1) is 17.3. The number of piperidine rings is 1. The molecule has 0 radical (unpaired) electrons. The summed E-state index contributed by atoms with van der Waals surface area (Å²) in [4.78, 5) is 15.0. The van der Waals surface area contributed by atoms with Gasteiger partial charge in [0.05, 0.1) is 12.6 Å². The van der Waals surface area contributed by atoms with Crippen molar-refractivity contribution in [2.75, 3.05) is 6.54 Å². The van der Waals surface area contributed by atoms with Crippen molar-refractivity contribution >= 4 is 5.91 Å². The minimum atomic E-state index is -0.266. The Labute approximate surface area is 156 Å². The number of nitrogens with zero attached hydrogens (tertiary/aromatic N) is 5. The number of amides is 1. The fourth-order valence-electron chi connectivity index (χ4n) is 3.59. The number of benzene rings is 2. The molecular formula is C20H20FN5O. The summed E-state index contributed by atoms with van der Waals surface area (Å²) in [6, 6.07) is 14.0. The molecule has 0 unspecified atom stereocenters. The lowest BCUT2D eigenvalue weighted by Crippen LogP contribution is -2.38. The average molecular weight is 365 g/mol. The van der Waals surface area contributed by atoms with E-state index in [1.807, 2.05) is 35.2 Å². The van der Waals surface area contributed by atoms with Gasteiger partial charge < -0.3 is 4.90 Å². The highest BCUT2D eigenvalue weighted by molar-refractivity contribution is 5.94. The molecule has 1 saturated heterocycles. The van der Waals surface area contributed by atoms with Crippen LogP contribution in [0.25, 0.3) is 0 Å². The number of carbonyl (C=O) groups excluding carboxylic acids is 1. The summed E-state index contributed by atoms with van der Waals surface area (Å²) < 4.78 is 15.3. The molecule has 1 atom stereocenters. The van der Waals surface area contributed by atoms with Gasteiger partial charge in [0.15, 0.2) is 0 Å². The van der Waals surface area contributed by atoms with Crippen LogP contribution in [-0.2, 0) is 6.54 Å². The van der Waals surface area contributed by atoms with Crippen molar-refractivity contribution < 1.29 is 9.18 Å². The van der Waals surface area contributed by atoms with E-state index < -0.39 is 0 Å². The van der Waals surface area contributed by atoms with Crippen molar-refractivity contribution in [1.29, 1.82) is 0 Å². The lowest BCUT2D eigenvalue weighted by Gasteiger charge is -2.36. The third-order valence-electron chi connectivity index (χ3n) is 4.93. The number of hydrogen-bond acceptors (Lipinski definition) is 4. The van der Waals surface area contributed by atoms with Crippen molar-refractivity contribution in [2.45, 2.75) is 31.8 Å². The quantitative estimate of drug-likeness (QED) is 0.712. The van der Waals surface area contributed by atoms with Crippen LogP contribution in [0.3, 0.4) is 0 Å². The molecule has 4 rings (SSSR count). The summed E-state index contributed by atoms with van der Waals surface area (Å²) in [5.74, 6) is -0.282. The number of tetrazole rings is 1. The standard InChI is InChI=1S/C20H20FN5O/c21-18-5-3-4-17(12-18)19-6-1-2-11-26(19)20(27)16-9-7-15(8-10-16)13-25-14-22-23-24-25/h3-5,7-10,12,14,19H,1-2,6,11,13H2/t19-/m0/s1. The molecule has 6 nitrogen and oxygen atoms in total. The molecule has 0 aliphatic carbocycles. The Hall–Kier alpha value is -3.09. The zero-order chi connectivity index (χ0) is 18.6. The van der Waals surface area contributed by atoms with E-state index in [1.165, 1.54) is 12.1 Å². The minimum Gasteiger partial charge on any atom is -0.332 e. The number of aromatic nitrogens is 4. The van der Waals surface area contributed by atoms with Crippen molar-refractivity contribution in [2.24, 2.45) is 0 Å². The van der Waals surface area contributed by atoms with E-state index in [1.54, 1.807) is 17.1 Å². The summed E-state index contributed by atoms with van der Waals surface area (Å²) in [5, 5.41) is 11.1. The third kappa shape index (κ3) is 3.86. The molecule has 0 spiro atoms. The van der Waals surface area contributed by atoms with Crippen molar-refractivity contribution in [3.05, 3.63) is 77.4 Å². The van der Waals surface area contributed by atoms with Gasteiger partial charge in [-0.3, -0.25) is 4.79 Å². The van der Waals surface area contributed by atoms with Gasteiger partial charge in [0.1, 0.15) is 12.1 Å². The second kappa shape index (κ2) is 7.65. The normalized spacial score (nSPS) is 17.1. The molecule has 1 aromatic heterocycles. The molecule has 27 heavy (non-hydrogen) atoms. The van der Waals surface area contributed by atoms with Gasteiger partial charge in [-0.25, -0.2) is 9.07 Å². The lowest BCUT2D eigenvalue weighted by atomic mass is 9.94. The van der Waals surface area contributed by atoms with Crippen LogP contribution < -0.4 is 0 Å². The first-order valence-electron chi connectivity index (χ1n) is 9.07. The summed E-state index contributed by atoms with van der Waals surface area (Å²) in [6.07, 6.45) is 4.41. The fraction of sp³-hybridized carbons (Fsp3) is 0.300. The molecule has 0 bridgehead atoms. The smallest absolute Gasteiger partial charge is 0.254 e. The third-order valence-corrected chi connectivity index (χ3v) is 4.93. The molecule has 2 heterocycles. The molecule has 0 saturated carbocycles. The van der Waals surface area contributed by atoms with E-state index in [0.29, 0.717) is 18.7 Å². The summed E-state index contributed by atoms with van der Waals surface area (Å²) in [5.41, 5.74) is 2.51. The van der Waals surface area contributed by atoms with E-state index in [0.717, 1.165) is 30.4 Å².